The van der Waals surface area contributed by atoms with Crippen molar-refractivity contribution in [1.29, 1.82) is 0 Å². The van der Waals surface area contributed by atoms with E-state index in [2.05, 4.69) is 20.8 Å². The fourth-order valence-corrected chi connectivity index (χ4v) is 1.77. The maximum Gasteiger partial charge on any atom is 0.0765 e. The summed E-state index contributed by atoms with van der Waals surface area (Å²) in [7, 11) is 0. The Labute approximate surface area is 78.5 Å². The molecule has 68 valence electrons. The Bertz CT molecular complexity index is 98.1. The Kier molecular flexibility index (Phi) is 6.49. The van der Waals surface area contributed by atoms with Crippen LogP contribution in [0.4, 0.5) is 0 Å². The van der Waals surface area contributed by atoms with Gasteiger partial charge in [-0.2, -0.15) is 11.8 Å². The molecule has 3 heteroatoms. The van der Waals surface area contributed by atoms with Gasteiger partial charge in [0.05, 0.1) is 6.10 Å². The van der Waals surface area contributed by atoms with Gasteiger partial charge in [-0.25, -0.2) is 0 Å². The monoisotopic (exact) mass is 196 g/mol. The number of hydrogen-bond donors (Lipinski definition) is 1. The van der Waals surface area contributed by atoms with E-state index in [1.807, 2.05) is 0 Å². The highest BCUT2D eigenvalue weighted by Gasteiger charge is 2.09. The van der Waals surface area contributed by atoms with Crippen molar-refractivity contribution < 1.29 is 5.11 Å². The molecule has 0 aliphatic rings. The molecule has 0 bridgehead atoms. The van der Waals surface area contributed by atoms with Crippen LogP contribution in [-0.2, 0) is 0 Å². The van der Waals surface area contributed by atoms with E-state index in [9.17, 15) is 0 Å². The summed E-state index contributed by atoms with van der Waals surface area (Å²) in [5, 5.41) is 9.74. The minimum absolute atomic E-state index is 0.345. The molecule has 0 saturated carbocycles. The molecule has 11 heavy (non-hydrogen) atoms. The average molecular weight is 197 g/mol. The maximum absolute atomic E-state index is 9.14. The first-order chi connectivity index (χ1) is 5.07. The molecule has 1 nitrogen and oxygen atoms in total. The third-order valence-corrected chi connectivity index (χ3v) is 3.67. The van der Waals surface area contributed by atoms with Crippen LogP contribution in [0.1, 0.15) is 20.8 Å². The van der Waals surface area contributed by atoms with E-state index in [4.69, 9.17) is 16.7 Å². The number of hydrogen-bond acceptors (Lipinski definition) is 2. The Hall–Kier alpha value is 0.600. The highest BCUT2D eigenvalue weighted by Crippen LogP contribution is 2.19. The van der Waals surface area contributed by atoms with E-state index in [-0.39, 0.29) is 6.10 Å². The predicted molar refractivity (Wildman–Crippen MR) is 53.5 cm³/mol. The summed E-state index contributed by atoms with van der Waals surface area (Å²) >= 11 is 7.23. The summed E-state index contributed by atoms with van der Waals surface area (Å²) in [6, 6.07) is 0. The predicted octanol–water partition coefficient (Wildman–Crippen LogP) is 2.36. The van der Waals surface area contributed by atoms with Gasteiger partial charge < -0.3 is 5.11 Å². The van der Waals surface area contributed by atoms with Gasteiger partial charge in [0.1, 0.15) is 0 Å². The SMILES string of the molecule is CC(C)C(C)SCC(O)CCl. The average Bonchev–Trinajstić information content (AvgIpc) is 1.99. The molecule has 0 radical (unpaired) electrons. The van der Waals surface area contributed by atoms with Crippen molar-refractivity contribution in [2.75, 3.05) is 11.6 Å². The minimum atomic E-state index is -0.345. The van der Waals surface area contributed by atoms with Crippen LogP contribution in [0.5, 0.6) is 0 Å². The number of alkyl halides is 1. The van der Waals surface area contributed by atoms with Gasteiger partial charge in [-0.3, -0.25) is 0 Å². The smallest absolute Gasteiger partial charge is 0.0765 e. The third-order valence-electron chi connectivity index (χ3n) is 1.67. The second-order valence-electron chi connectivity index (χ2n) is 3.09. The molecule has 0 rings (SSSR count). The number of thioether (sulfide) groups is 1. The van der Waals surface area contributed by atoms with Crippen molar-refractivity contribution in [3.8, 4) is 0 Å². The molecule has 2 atom stereocenters. The Morgan fingerprint density at radius 3 is 2.27 bits per heavy atom. The molecule has 2 unspecified atom stereocenters. The Balaban J connectivity index is 3.37. The van der Waals surface area contributed by atoms with E-state index in [1.165, 1.54) is 0 Å². The lowest BCUT2D eigenvalue weighted by Crippen LogP contribution is -2.16. The van der Waals surface area contributed by atoms with Crippen molar-refractivity contribution in [2.24, 2.45) is 5.92 Å². The number of aliphatic hydroxyl groups excluding tert-OH is 1. The zero-order valence-corrected chi connectivity index (χ0v) is 8.95. The van der Waals surface area contributed by atoms with Gasteiger partial charge in [0.2, 0.25) is 0 Å². The molecule has 0 aromatic rings. The van der Waals surface area contributed by atoms with Crippen LogP contribution in [0.25, 0.3) is 0 Å². The lowest BCUT2D eigenvalue weighted by molar-refractivity contribution is 0.223. The number of rotatable bonds is 5. The molecule has 0 spiro atoms. The lowest BCUT2D eigenvalue weighted by atomic mass is 10.2. The highest BCUT2D eigenvalue weighted by molar-refractivity contribution is 7.99. The Morgan fingerprint density at radius 1 is 1.36 bits per heavy atom. The van der Waals surface area contributed by atoms with Crippen LogP contribution in [0.15, 0.2) is 0 Å². The van der Waals surface area contributed by atoms with E-state index in [0.29, 0.717) is 17.0 Å². The van der Waals surface area contributed by atoms with Gasteiger partial charge in [0.15, 0.2) is 0 Å². The summed E-state index contributed by atoms with van der Waals surface area (Å²) in [5.74, 6) is 1.77. The molecular formula is C8H17ClOS. The van der Waals surface area contributed by atoms with Crippen molar-refractivity contribution >= 4 is 23.4 Å². The quantitative estimate of drug-likeness (QED) is 0.682. The minimum Gasteiger partial charge on any atom is -0.391 e. The second-order valence-corrected chi connectivity index (χ2v) is 4.81. The van der Waals surface area contributed by atoms with Crippen LogP contribution in [-0.4, -0.2) is 28.1 Å². The van der Waals surface area contributed by atoms with Gasteiger partial charge in [-0.15, -0.1) is 11.6 Å². The number of halogens is 1. The lowest BCUT2D eigenvalue weighted by Gasteiger charge is -2.16. The topological polar surface area (TPSA) is 20.2 Å². The van der Waals surface area contributed by atoms with Gasteiger partial charge in [0.25, 0.3) is 0 Å². The van der Waals surface area contributed by atoms with Gasteiger partial charge >= 0.3 is 0 Å². The molecular weight excluding hydrogens is 180 g/mol. The zero-order chi connectivity index (χ0) is 8.85. The molecule has 0 fully saturated rings. The molecule has 1 N–H and O–H groups in total. The van der Waals surface area contributed by atoms with Gasteiger partial charge in [-0.1, -0.05) is 20.8 Å². The highest BCUT2D eigenvalue weighted by atomic mass is 35.5. The molecule has 0 amide bonds. The van der Waals surface area contributed by atoms with Crippen LogP contribution < -0.4 is 0 Å². The Morgan fingerprint density at radius 2 is 1.91 bits per heavy atom. The summed E-state index contributed by atoms with van der Waals surface area (Å²) in [6.45, 7) is 6.55. The molecule has 0 aromatic heterocycles. The summed E-state index contributed by atoms with van der Waals surface area (Å²) in [6.07, 6.45) is -0.345. The fraction of sp³-hybridized carbons (Fsp3) is 1.00. The van der Waals surface area contributed by atoms with Crippen LogP contribution in [0, 0.1) is 5.92 Å². The van der Waals surface area contributed by atoms with Crippen molar-refractivity contribution in [3.05, 3.63) is 0 Å². The van der Waals surface area contributed by atoms with Gasteiger partial charge in [-0.05, 0) is 5.92 Å². The van der Waals surface area contributed by atoms with E-state index >= 15 is 0 Å². The third kappa shape index (κ3) is 5.83. The summed E-state index contributed by atoms with van der Waals surface area (Å²) < 4.78 is 0. The largest absolute Gasteiger partial charge is 0.391 e. The zero-order valence-electron chi connectivity index (χ0n) is 7.38. The van der Waals surface area contributed by atoms with Crippen molar-refractivity contribution in [1.82, 2.24) is 0 Å². The summed E-state index contributed by atoms with van der Waals surface area (Å²) in [4.78, 5) is 0. The van der Waals surface area contributed by atoms with Crippen molar-refractivity contribution in [2.45, 2.75) is 32.1 Å². The van der Waals surface area contributed by atoms with Crippen LogP contribution >= 0.6 is 23.4 Å². The second kappa shape index (κ2) is 6.15. The maximum atomic E-state index is 9.14. The molecule has 0 heterocycles. The van der Waals surface area contributed by atoms with E-state index in [1.54, 1.807) is 11.8 Å². The first kappa shape index (κ1) is 11.6. The first-order valence-corrected chi connectivity index (χ1v) is 5.51. The van der Waals surface area contributed by atoms with Gasteiger partial charge in [0, 0.05) is 16.9 Å². The van der Waals surface area contributed by atoms with Crippen LogP contribution in [0.3, 0.4) is 0 Å². The molecule has 0 aliphatic heterocycles. The molecule has 0 aromatic carbocycles. The standard InChI is InChI=1S/C8H17ClOS/c1-6(2)7(3)11-5-8(10)4-9/h6-8,10H,4-5H2,1-3H3. The van der Waals surface area contributed by atoms with Crippen molar-refractivity contribution in [3.63, 3.8) is 0 Å². The first-order valence-electron chi connectivity index (χ1n) is 3.93. The van der Waals surface area contributed by atoms with E-state index in [0.717, 1.165) is 5.75 Å². The molecule has 0 aliphatic carbocycles. The fourth-order valence-electron chi connectivity index (χ4n) is 0.500. The van der Waals surface area contributed by atoms with E-state index < -0.39 is 0 Å². The number of aliphatic hydroxyl groups is 1. The normalized spacial score (nSPS) is 16.9. The molecule has 0 saturated heterocycles. The van der Waals surface area contributed by atoms with Crippen LogP contribution in [0.2, 0.25) is 0 Å². The summed E-state index contributed by atoms with van der Waals surface area (Å²) in [5.41, 5.74) is 0.